The fourth-order valence-electron chi connectivity index (χ4n) is 3.15. The molecule has 1 spiro atoms. The molecule has 0 bridgehead atoms. The summed E-state index contributed by atoms with van der Waals surface area (Å²) in [5.41, 5.74) is 0. The van der Waals surface area contributed by atoms with Gasteiger partial charge in [-0.3, -0.25) is 9.59 Å². The summed E-state index contributed by atoms with van der Waals surface area (Å²) in [6, 6.07) is -0.310. The van der Waals surface area contributed by atoms with Crippen molar-refractivity contribution in [1.29, 1.82) is 0 Å². The lowest BCUT2D eigenvalue weighted by Gasteiger charge is -2.46. The van der Waals surface area contributed by atoms with Crippen molar-refractivity contribution in [2.24, 2.45) is 0 Å². The summed E-state index contributed by atoms with van der Waals surface area (Å²) in [5, 5.41) is 2.77. The predicted molar refractivity (Wildman–Crippen MR) is 74.8 cm³/mol. The molecule has 1 saturated carbocycles. The highest BCUT2D eigenvalue weighted by atomic mass is 32.2. The average molecular weight is 300 g/mol. The maximum absolute atomic E-state index is 12.0. The van der Waals surface area contributed by atoms with Crippen molar-refractivity contribution in [1.82, 2.24) is 10.2 Å². The lowest BCUT2D eigenvalue weighted by Crippen LogP contribution is -2.69. The van der Waals surface area contributed by atoms with Crippen molar-refractivity contribution in [3.8, 4) is 0 Å². The Balaban J connectivity index is 1.96. The largest absolute Gasteiger partial charge is 0.349 e. The maximum atomic E-state index is 12.0. The zero-order chi connectivity index (χ0) is 15.0. The highest BCUT2D eigenvalue weighted by molar-refractivity contribution is 7.94. The third-order valence-electron chi connectivity index (χ3n) is 4.36. The molecule has 1 aliphatic carbocycles. The monoisotopic (exact) mass is 300 g/mol. The first-order valence-electron chi connectivity index (χ1n) is 6.71. The minimum absolute atomic E-state index is 0.0118. The van der Waals surface area contributed by atoms with Gasteiger partial charge in [-0.25, -0.2) is 8.42 Å². The number of nitrogens with zero attached hydrogens (tertiary/aromatic N) is 1. The second-order valence-electron chi connectivity index (χ2n) is 5.57. The lowest BCUT2D eigenvalue weighted by molar-refractivity contribution is -0.131. The van der Waals surface area contributed by atoms with Crippen LogP contribution in [0.25, 0.3) is 0 Å². The van der Waals surface area contributed by atoms with Crippen LogP contribution in [0.4, 0.5) is 0 Å². The summed E-state index contributed by atoms with van der Waals surface area (Å²) in [5.74, 6) is -0.649. The van der Waals surface area contributed by atoms with Gasteiger partial charge in [-0.1, -0.05) is 19.4 Å². The molecule has 0 aromatic heterocycles. The first-order valence-corrected chi connectivity index (χ1v) is 8.37. The molecule has 1 saturated heterocycles. The molecular formula is C13H20N2O4S. The van der Waals surface area contributed by atoms with E-state index in [2.05, 4.69) is 11.9 Å². The standard InChI is InChI=1S/C13H20N2O4S/c1-3-12(17)15(2)8-11(16)14-10-9-20(18,19)13(10)6-4-5-7-13/h3,10H,1,4-9H2,2H3,(H,14,16). The molecule has 2 rings (SSSR count). The molecule has 1 atom stereocenters. The molecule has 2 fully saturated rings. The van der Waals surface area contributed by atoms with E-state index in [-0.39, 0.29) is 30.2 Å². The van der Waals surface area contributed by atoms with Gasteiger partial charge in [0.2, 0.25) is 11.8 Å². The molecule has 7 heteroatoms. The number of hydrogen-bond acceptors (Lipinski definition) is 4. The van der Waals surface area contributed by atoms with Crippen LogP contribution in [-0.4, -0.2) is 55.3 Å². The number of carbonyl (C=O) groups is 2. The molecule has 0 aromatic carbocycles. The third-order valence-corrected chi connectivity index (χ3v) is 7.06. The number of hydrogen-bond donors (Lipinski definition) is 1. The van der Waals surface area contributed by atoms with Crippen molar-refractivity contribution in [3.63, 3.8) is 0 Å². The van der Waals surface area contributed by atoms with Gasteiger partial charge in [-0.2, -0.15) is 0 Å². The molecule has 0 aromatic rings. The van der Waals surface area contributed by atoms with Crippen molar-refractivity contribution in [3.05, 3.63) is 12.7 Å². The molecule has 0 radical (unpaired) electrons. The van der Waals surface area contributed by atoms with Gasteiger partial charge in [0.05, 0.1) is 23.1 Å². The smallest absolute Gasteiger partial charge is 0.246 e. The van der Waals surface area contributed by atoms with E-state index in [4.69, 9.17) is 0 Å². The Morgan fingerprint density at radius 2 is 2.00 bits per heavy atom. The van der Waals surface area contributed by atoms with E-state index in [1.807, 2.05) is 0 Å². The van der Waals surface area contributed by atoms with Gasteiger partial charge in [0.15, 0.2) is 9.84 Å². The van der Waals surface area contributed by atoms with Crippen LogP contribution in [0.15, 0.2) is 12.7 Å². The summed E-state index contributed by atoms with van der Waals surface area (Å²) in [6.07, 6.45) is 4.17. The van der Waals surface area contributed by atoms with Crippen LogP contribution in [-0.2, 0) is 19.4 Å². The topological polar surface area (TPSA) is 83.6 Å². The quantitative estimate of drug-likeness (QED) is 0.732. The normalized spacial score (nSPS) is 25.8. The van der Waals surface area contributed by atoms with E-state index in [9.17, 15) is 18.0 Å². The van der Waals surface area contributed by atoms with Crippen LogP contribution in [0.3, 0.4) is 0 Å². The zero-order valence-corrected chi connectivity index (χ0v) is 12.4. The molecule has 1 N–H and O–H groups in total. The van der Waals surface area contributed by atoms with Gasteiger partial charge in [0.25, 0.3) is 0 Å². The van der Waals surface area contributed by atoms with Crippen LogP contribution in [0.2, 0.25) is 0 Å². The summed E-state index contributed by atoms with van der Waals surface area (Å²) in [6.45, 7) is 3.27. The van der Waals surface area contributed by atoms with Crippen LogP contribution in [0.1, 0.15) is 25.7 Å². The highest BCUT2D eigenvalue weighted by Gasteiger charge is 2.61. The van der Waals surface area contributed by atoms with Gasteiger partial charge in [0.1, 0.15) is 0 Å². The third kappa shape index (κ3) is 2.34. The Hall–Kier alpha value is -1.37. The minimum atomic E-state index is -3.08. The number of carbonyl (C=O) groups excluding carboxylic acids is 2. The van der Waals surface area contributed by atoms with Gasteiger partial charge in [0, 0.05) is 7.05 Å². The molecular weight excluding hydrogens is 280 g/mol. The van der Waals surface area contributed by atoms with Crippen LogP contribution in [0.5, 0.6) is 0 Å². The molecule has 2 aliphatic rings. The number of rotatable bonds is 4. The summed E-state index contributed by atoms with van der Waals surface area (Å²) in [7, 11) is -1.57. The highest BCUT2D eigenvalue weighted by Crippen LogP contribution is 2.47. The maximum Gasteiger partial charge on any atom is 0.246 e. The second-order valence-corrected chi connectivity index (χ2v) is 7.95. The molecule has 1 unspecified atom stereocenters. The molecule has 112 valence electrons. The van der Waals surface area contributed by atoms with Gasteiger partial charge >= 0.3 is 0 Å². The van der Waals surface area contributed by atoms with Crippen molar-refractivity contribution in [2.45, 2.75) is 36.5 Å². The van der Waals surface area contributed by atoms with Gasteiger partial charge in [-0.15, -0.1) is 0 Å². The van der Waals surface area contributed by atoms with Gasteiger partial charge < -0.3 is 10.2 Å². The first-order chi connectivity index (χ1) is 9.32. The lowest BCUT2D eigenvalue weighted by atomic mass is 9.96. The number of nitrogens with one attached hydrogen (secondary N) is 1. The Bertz CT molecular complexity index is 535. The Morgan fingerprint density at radius 1 is 1.40 bits per heavy atom. The average Bonchev–Trinajstić information content (AvgIpc) is 2.89. The van der Waals surface area contributed by atoms with E-state index < -0.39 is 14.6 Å². The van der Waals surface area contributed by atoms with E-state index in [1.54, 1.807) is 0 Å². The summed E-state index contributed by atoms with van der Waals surface area (Å²) in [4.78, 5) is 24.4. The molecule has 1 aliphatic heterocycles. The number of likely N-dealkylation sites (N-methyl/N-ethyl adjacent to an activating group) is 1. The minimum Gasteiger partial charge on any atom is -0.349 e. The van der Waals surface area contributed by atoms with E-state index in [0.717, 1.165) is 18.9 Å². The molecule has 6 nitrogen and oxygen atoms in total. The Kier molecular flexibility index (Phi) is 3.90. The van der Waals surface area contributed by atoms with Gasteiger partial charge in [-0.05, 0) is 18.9 Å². The first kappa shape index (κ1) is 15.0. The zero-order valence-electron chi connectivity index (χ0n) is 11.6. The van der Waals surface area contributed by atoms with Crippen molar-refractivity contribution in [2.75, 3.05) is 19.3 Å². The van der Waals surface area contributed by atoms with Crippen molar-refractivity contribution < 1.29 is 18.0 Å². The molecule has 1 heterocycles. The van der Waals surface area contributed by atoms with Crippen LogP contribution < -0.4 is 5.32 Å². The fraction of sp³-hybridized carbons (Fsp3) is 0.692. The summed E-state index contributed by atoms with van der Waals surface area (Å²) >= 11 is 0. The van der Waals surface area contributed by atoms with E-state index >= 15 is 0 Å². The second kappa shape index (κ2) is 5.20. The van der Waals surface area contributed by atoms with E-state index in [1.165, 1.54) is 11.9 Å². The fourth-order valence-corrected chi connectivity index (χ4v) is 5.51. The Morgan fingerprint density at radius 3 is 2.50 bits per heavy atom. The SMILES string of the molecule is C=CC(=O)N(C)CC(=O)NC1CS(=O)(=O)C12CCCC2. The predicted octanol–water partition coefficient (Wildman–Crippen LogP) is -0.143. The number of sulfone groups is 1. The summed E-state index contributed by atoms with van der Waals surface area (Å²) < 4.78 is 23.2. The molecule has 2 amide bonds. The van der Waals surface area contributed by atoms with E-state index in [0.29, 0.717) is 12.8 Å². The van der Waals surface area contributed by atoms with Crippen LogP contribution >= 0.6 is 0 Å². The number of amides is 2. The Labute approximate surface area is 119 Å². The van der Waals surface area contributed by atoms with Crippen molar-refractivity contribution >= 4 is 21.7 Å². The van der Waals surface area contributed by atoms with Crippen LogP contribution in [0, 0.1) is 0 Å². The molecule has 20 heavy (non-hydrogen) atoms.